The Morgan fingerprint density at radius 1 is 1.55 bits per heavy atom. The number of nitrogens with zero attached hydrogens (tertiary/aromatic N) is 4. The average Bonchev–Trinajstić information content (AvgIpc) is 3.08. The molecular weight excluding hydrogens is 294 g/mol. The van der Waals surface area contributed by atoms with Crippen molar-refractivity contribution in [2.45, 2.75) is 30.6 Å². The molecule has 0 unspecified atom stereocenters. The monoisotopic (exact) mass is 311 g/mol. The van der Waals surface area contributed by atoms with Crippen LogP contribution in [0.1, 0.15) is 24.4 Å². The predicted octanol–water partition coefficient (Wildman–Crippen LogP) is 1.90. The van der Waals surface area contributed by atoms with Gasteiger partial charge in [0.15, 0.2) is 4.34 Å². The molecule has 2 heterocycles. The van der Waals surface area contributed by atoms with Crippen molar-refractivity contribution in [2.75, 3.05) is 12.3 Å². The van der Waals surface area contributed by atoms with E-state index in [4.69, 9.17) is 0 Å². The van der Waals surface area contributed by atoms with Gasteiger partial charge >= 0.3 is 0 Å². The third-order valence-electron chi connectivity index (χ3n) is 2.67. The van der Waals surface area contributed by atoms with Gasteiger partial charge in [-0.2, -0.15) is 5.10 Å². The van der Waals surface area contributed by atoms with Crippen molar-refractivity contribution < 1.29 is 4.79 Å². The van der Waals surface area contributed by atoms with Crippen LogP contribution >= 0.6 is 23.1 Å². The fraction of sp³-hybridized carbons (Fsp3) is 0.500. The molecule has 0 aliphatic rings. The lowest BCUT2D eigenvalue weighted by atomic mass is 10.2. The summed E-state index contributed by atoms with van der Waals surface area (Å²) in [4.78, 5) is 12.1. The molecule has 108 valence electrons. The number of hydrogen-bond acceptors (Lipinski definition) is 6. The summed E-state index contributed by atoms with van der Waals surface area (Å²) in [5.74, 6) is 0.792. The Morgan fingerprint density at radius 3 is 3.00 bits per heavy atom. The van der Waals surface area contributed by atoms with Crippen molar-refractivity contribution in [1.29, 1.82) is 0 Å². The summed E-state index contributed by atoms with van der Waals surface area (Å²) in [5.41, 5.74) is 0. The number of aryl methyl sites for hydroxylation is 1. The zero-order valence-electron chi connectivity index (χ0n) is 11.4. The lowest BCUT2D eigenvalue weighted by Crippen LogP contribution is -2.33. The highest BCUT2D eigenvalue weighted by atomic mass is 32.2. The molecule has 0 saturated carbocycles. The summed E-state index contributed by atoms with van der Waals surface area (Å²) in [6, 6.07) is 1.59. The molecule has 1 N–H and O–H groups in total. The first-order valence-electron chi connectivity index (χ1n) is 6.40. The van der Waals surface area contributed by atoms with Crippen LogP contribution in [0, 0.1) is 6.92 Å². The number of aromatic nitrogens is 4. The molecule has 0 radical (unpaired) electrons. The molecule has 6 nitrogen and oxygen atoms in total. The van der Waals surface area contributed by atoms with Gasteiger partial charge in [0.05, 0.1) is 0 Å². The lowest BCUT2D eigenvalue weighted by Gasteiger charge is -2.15. The van der Waals surface area contributed by atoms with E-state index in [9.17, 15) is 4.79 Å². The van der Waals surface area contributed by atoms with E-state index in [0.717, 1.165) is 21.5 Å². The normalized spacial score (nSPS) is 12.3. The van der Waals surface area contributed by atoms with E-state index in [2.05, 4.69) is 20.6 Å². The molecule has 1 atom stereocenters. The van der Waals surface area contributed by atoms with E-state index in [1.807, 2.05) is 26.1 Å². The maximum absolute atomic E-state index is 12.1. The number of rotatable bonds is 7. The second-order valence-corrected chi connectivity index (χ2v) is 6.66. The van der Waals surface area contributed by atoms with Gasteiger partial charge in [-0.1, -0.05) is 30.0 Å². The quantitative estimate of drug-likeness (QED) is 0.624. The number of nitrogens with one attached hydrogen (secondary N) is 1. The highest BCUT2D eigenvalue weighted by Crippen LogP contribution is 2.21. The van der Waals surface area contributed by atoms with Crippen LogP contribution in [0.2, 0.25) is 0 Å². The fourth-order valence-electron chi connectivity index (χ4n) is 1.72. The molecule has 2 aromatic rings. The summed E-state index contributed by atoms with van der Waals surface area (Å²) < 4.78 is 2.63. The third-order valence-corrected chi connectivity index (χ3v) is 4.64. The minimum Gasteiger partial charge on any atom is -0.353 e. The molecule has 2 rings (SSSR count). The molecule has 0 spiro atoms. The number of carbonyl (C=O) groups excluding carboxylic acids is 1. The Morgan fingerprint density at radius 2 is 2.40 bits per heavy atom. The van der Waals surface area contributed by atoms with Crippen molar-refractivity contribution in [3.8, 4) is 0 Å². The Bertz CT molecular complexity index is 540. The topological polar surface area (TPSA) is 72.7 Å². The summed E-state index contributed by atoms with van der Waals surface area (Å²) >= 11 is 3.18. The second-order valence-electron chi connectivity index (χ2n) is 4.14. The fourth-order valence-corrected chi connectivity index (χ4v) is 3.47. The third kappa shape index (κ3) is 4.04. The molecule has 20 heavy (non-hydrogen) atoms. The molecule has 0 fully saturated rings. The van der Waals surface area contributed by atoms with Gasteiger partial charge in [-0.3, -0.25) is 9.48 Å². The van der Waals surface area contributed by atoms with E-state index in [1.54, 1.807) is 34.0 Å². The number of hydrogen-bond donors (Lipinski definition) is 1. The summed E-state index contributed by atoms with van der Waals surface area (Å²) in [7, 11) is 0. The van der Waals surface area contributed by atoms with Crippen molar-refractivity contribution in [2.24, 2.45) is 0 Å². The van der Waals surface area contributed by atoms with Crippen LogP contribution in [0.5, 0.6) is 0 Å². The maximum Gasteiger partial charge on any atom is 0.244 e. The van der Waals surface area contributed by atoms with Gasteiger partial charge in [0.2, 0.25) is 5.91 Å². The lowest BCUT2D eigenvalue weighted by molar-refractivity contribution is -0.124. The summed E-state index contributed by atoms with van der Waals surface area (Å²) in [5, 5.41) is 16.0. The zero-order chi connectivity index (χ0) is 14.4. The first-order valence-corrected chi connectivity index (χ1v) is 8.20. The van der Waals surface area contributed by atoms with Crippen LogP contribution in [0.15, 0.2) is 22.8 Å². The van der Waals surface area contributed by atoms with Crippen LogP contribution in [0.25, 0.3) is 0 Å². The van der Waals surface area contributed by atoms with Gasteiger partial charge < -0.3 is 5.32 Å². The predicted molar refractivity (Wildman–Crippen MR) is 79.9 cm³/mol. The molecular formula is C12H17N5OS2. The van der Waals surface area contributed by atoms with E-state index in [1.165, 1.54) is 0 Å². The standard InChI is InChI=1S/C12H17N5OS2/c1-3-10(17-7-4-5-14-17)11(18)13-6-8-19-12-16-15-9(2)20-12/h4-5,7,10H,3,6,8H2,1-2H3,(H,13,18)/t10-/m1/s1. The molecule has 0 saturated heterocycles. The Kier molecular flexibility index (Phi) is 5.54. The van der Waals surface area contributed by atoms with Gasteiger partial charge in [0.1, 0.15) is 11.0 Å². The van der Waals surface area contributed by atoms with E-state index in [-0.39, 0.29) is 11.9 Å². The second kappa shape index (κ2) is 7.39. The summed E-state index contributed by atoms with van der Waals surface area (Å²) in [6.07, 6.45) is 4.21. The highest BCUT2D eigenvalue weighted by molar-refractivity contribution is 8.01. The average molecular weight is 311 g/mol. The van der Waals surface area contributed by atoms with Crippen LogP contribution in [0.3, 0.4) is 0 Å². The van der Waals surface area contributed by atoms with Crippen LogP contribution in [0.4, 0.5) is 0 Å². The Labute approximate surface area is 126 Å². The minimum atomic E-state index is -0.237. The zero-order valence-corrected chi connectivity index (χ0v) is 13.1. The van der Waals surface area contributed by atoms with Crippen LogP contribution in [-0.2, 0) is 4.79 Å². The van der Waals surface area contributed by atoms with Crippen LogP contribution < -0.4 is 5.32 Å². The van der Waals surface area contributed by atoms with E-state index < -0.39 is 0 Å². The van der Waals surface area contributed by atoms with E-state index >= 15 is 0 Å². The SMILES string of the molecule is CC[C@H](C(=O)NCCSc1nnc(C)s1)n1cccn1. The van der Waals surface area contributed by atoms with Gasteiger partial charge in [-0.25, -0.2) is 0 Å². The number of thioether (sulfide) groups is 1. The molecule has 8 heteroatoms. The van der Waals surface area contributed by atoms with Crippen molar-refractivity contribution in [3.63, 3.8) is 0 Å². The first-order chi connectivity index (χ1) is 9.70. The smallest absolute Gasteiger partial charge is 0.244 e. The van der Waals surface area contributed by atoms with Gasteiger partial charge in [0.25, 0.3) is 0 Å². The number of carbonyl (C=O) groups is 1. The summed E-state index contributed by atoms with van der Waals surface area (Å²) in [6.45, 7) is 4.52. The molecule has 1 amide bonds. The van der Waals surface area contributed by atoms with Gasteiger partial charge in [-0.05, 0) is 19.4 Å². The largest absolute Gasteiger partial charge is 0.353 e. The Balaban J connectivity index is 1.74. The number of amides is 1. The van der Waals surface area contributed by atoms with Gasteiger partial charge in [-0.15, -0.1) is 10.2 Å². The molecule has 0 bridgehead atoms. The Hall–Kier alpha value is -1.41. The maximum atomic E-state index is 12.1. The van der Waals surface area contributed by atoms with Gasteiger partial charge in [0, 0.05) is 24.7 Å². The minimum absolute atomic E-state index is 0.00486. The first kappa shape index (κ1) is 15.0. The van der Waals surface area contributed by atoms with Crippen molar-refractivity contribution >= 4 is 29.0 Å². The molecule has 0 aliphatic heterocycles. The van der Waals surface area contributed by atoms with Crippen LogP contribution in [-0.4, -0.2) is 38.2 Å². The molecule has 2 aromatic heterocycles. The van der Waals surface area contributed by atoms with E-state index in [0.29, 0.717) is 6.54 Å². The van der Waals surface area contributed by atoms with Crippen molar-refractivity contribution in [1.82, 2.24) is 25.3 Å². The molecule has 0 aliphatic carbocycles. The highest BCUT2D eigenvalue weighted by Gasteiger charge is 2.17. The molecule has 0 aromatic carbocycles. The van der Waals surface area contributed by atoms with Crippen molar-refractivity contribution in [3.05, 3.63) is 23.5 Å².